The molecule has 0 fully saturated rings. The van der Waals surface area contributed by atoms with E-state index >= 15 is 0 Å². The van der Waals surface area contributed by atoms with Gasteiger partial charge in [-0.15, -0.1) is 5.11 Å². The van der Waals surface area contributed by atoms with Gasteiger partial charge in [-0.2, -0.15) is 34.2 Å². The number of fused-ring (bicyclic) bond motifs is 1. The summed E-state index contributed by atoms with van der Waals surface area (Å²) in [7, 11) is -5.01. The van der Waals surface area contributed by atoms with Crippen molar-refractivity contribution in [1.29, 1.82) is 0 Å². The van der Waals surface area contributed by atoms with Gasteiger partial charge in [-0.3, -0.25) is 14.9 Å². The van der Waals surface area contributed by atoms with Crippen LogP contribution < -0.4 is 105 Å². The van der Waals surface area contributed by atoms with E-state index in [2.05, 4.69) is 54.7 Å². The topological polar surface area (TPSA) is 264 Å². The minimum atomic E-state index is -5.01. The van der Waals surface area contributed by atoms with Gasteiger partial charge in [-0.25, -0.2) is 8.42 Å². The number of phenolic OH excluding ortho intramolecular Hbond substituents is 1. The van der Waals surface area contributed by atoms with E-state index in [1.54, 1.807) is 36.4 Å². The van der Waals surface area contributed by atoms with Crippen molar-refractivity contribution < 1.29 is 141 Å². The molecule has 0 heterocycles. The van der Waals surface area contributed by atoms with Crippen molar-refractivity contribution in [2.24, 2.45) is 30.7 Å². The van der Waals surface area contributed by atoms with Crippen molar-refractivity contribution in [2.75, 3.05) is 5.32 Å². The molecule has 6 aromatic carbocycles. The Labute approximate surface area is 435 Å². The monoisotopic (exact) mass is 937 g/mol. The molecule has 0 aromatic heterocycles. The van der Waals surface area contributed by atoms with Crippen LogP contribution in [0.4, 0.5) is 39.8 Å². The smallest absolute Gasteiger partial charge is 0.744 e. The van der Waals surface area contributed by atoms with E-state index < -0.39 is 20.9 Å². The third kappa shape index (κ3) is 14.5. The summed E-state index contributed by atoms with van der Waals surface area (Å²) >= 11 is 0.992. The van der Waals surface area contributed by atoms with E-state index in [0.29, 0.717) is 62.8 Å². The van der Waals surface area contributed by atoms with Crippen LogP contribution in [-0.2, 0) is 28.9 Å². The minimum Gasteiger partial charge on any atom is -0.744 e. The average Bonchev–Trinajstić information content (AvgIpc) is 3.22. The van der Waals surface area contributed by atoms with E-state index in [4.69, 9.17) is 0 Å². The molecule has 0 saturated heterocycles. The van der Waals surface area contributed by atoms with Crippen LogP contribution in [0.15, 0.2) is 142 Å². The Kier molecular flexibility index (Phi) is 21.6. The Bertz CT molecular complexity index is 2800. The van der Waals surface area contributed by atoms with Gasteiger partial charge in [0.25, 0.3) is 5.91 Å². The van der Waals surface area contributed by atoms with Crippen LogP contribution in [0, 0.1) is 27.7 Å². The Morgan fingerprint density at radius 1 is 0.651 bits per heavy atom. The molecule has 6 rings (SSSR count). The second kappa shape index (κ2) is 25.1. The van der Waals surface area contributed by atoms with Crippen LogP contribution in [0.3, 0.4) is 0 Å². The van der Waals surface area contributed by atoms with Gasteiger partial charge < -0.3 is 25.5 Å². The van der Waals surface area contributed by atoms with Gasteiger partial charge in [0, 0.05) is 15.8 Å². The molecule has 0 aliphatic carbocycles. The van der Waals surface area contributed by atoms with Gasteiger partial charge in [0.05, 0.1) is 68.0 Å². The molecule has 0 bridgehead atoms. The zero-order valence-electron chi connectivity index (χ0n) is 34.7. The van der Waals surface area contributed by atoms with Gasteiger partial charge in [-0.1, -0.05) is 23.8 Å². The van der Waals surface area contributed by atoms with Crippen molar-refractivity contribution in [3.63, 3.8) is 0 Å². The Hall–Kier alpha value is -2.98. The van der Waals surface area contributed by atoms with Crippen molar-refractivity contribution in [3.05, 3.63) is 125 Å². The number of nitrogens with zero attached hydrogens (tertiary/aromatic N) is 6. The Balaban J connectivity index is 0.00000352. The van der Waals surface area contributed by atoms with E-state index in [9.17, 15) is 33.4 Å². The zero-order chi connectivity index (χ0) is 43.0. The summed E-state index contributed by atoms with van der Waals surface area (Å²) in [6.45, 7) is 7.45. The Morgan fingerprint density at radius 3 is 1.87 bits per heavy atom. The van der Waals surface area contributed by atoms with Gasteiger partial charge in [-0.05, 0) is 129 Å². The van der Waals surface area contributed by atoms with Gasteiger partial charge in [0.1, 0.15) is 15.8 Å². The standard InChI is InChI=1S/C39H33N7O11S3.3Na/c1-21-5-12-30-26(15-21)19-35(59-57-55-50)37(38(30)47)46-42-28-10-13-31(22(2)16-28)43-45-34-18-23(3)33(17-24(34)4)44-41-27-8-6-25(7-9-27)39(48)40-32-14-11-29(58-56-54-49)20-36(32)60(51,52)53;;;/h5-20,47,49-50H,1-4H3,(H,40,48)(H,51,52,53);;;/q;3*+1/p-3. The number of carbonyl (C=O) groups excluding carboxylic acids is 1. The number of azo groups is 3. The largest absolute Gasteiger partial charge is 1.00 e. The second-order valence-corrected chi connectivity index (χ2v) is 15.7. The number of rotatable bonds is 15. The van der Waals surface area contributed by atoms with E-state index in [1.807, 2.05) is 45.9 Å². The van der Waals surface area contributed by atoms with Crippen LogP contribution in [-0.4, -0.2) is 24.0 Å². The molecule has 1 amide bonds. The van der Waals surface area contributed by atoms with Crippen molar-refractivity contribution in [1.82, 2.24) is 0 Å². The first-order chi connectivity index (χ1) is 28.7. The molecule has 0 aliphatic heterocycles. The van der Waals surface area contributed by atoms with E-state index in [0.717, 1.165) is 33.7 Å². The zero-order valence-corrected chi connectivity index (χ0v) is 43.1. The molecular formula is C39H30N7Na3O11S3. The molecule has 0 unspecified atom stereocenters. The summed E-state index contributed by atoms with van der Waals surface area (Å²) < 4.78 is 44.1. The normalized spacial score (nSPS) is 11.5. The number of aryl methyl sites for hydroxylation is 4. The fraction of sp³-hybridized carbons (Fsp3) is 0.103. The predicted octanol–water partition coefficient (Wildman–Crippen LogP) is 0.655. The molecule has 24 heteroatoms. The fourth-order valence-corrected chi connectivity index (χ4v) is 7.24. The molecule has 0 saturated carbocycles. The van der Waals surface area contributed by atoms with Gasteiger partial charge >= 0.3 is 88.7 Å². The number of anilines is 1. The summed E-state index contributed by atoms with van der Waals surface area (Å²) in [6, 6.07) is 25.4. The van der Waals surface area contributed by atoms with Crippen molar-refractivity contribution in [3.8, 4) is 5.75 Å². The summed E-state index contributed by atoms with van der Waals surface area (Å²) in [5.41, 5.74) is 5.89. The summed E-state index contributed by atoms with van der Waals surface area (Å²) in [5, 5.41) is 68.1. The molecule has 63 heavy (non-hydrogen) atoms. The maximum atomic E-state index is 12.9. The van der Waals surface area contributed by atoms with Gasteiger partial charge in [0.2, 0.25) is 0 Å². The minimum absolute atomic E-state index is 0. The van der Waals surface area contributed by atoms with Crippen LogP contribution >= 0.6 is 24.1 Å². The second-order valence-electron chi connectivity index (χ2n) is 12.8. The number of benzene rings is 6. The molecule has 6 aromatic rings. The maximum absolute atomic E-state index is 12.9. The van der Waals surface area contributed by atoms with Crippen LogP contribution in [0.5, 0.6) is 5.75 Å². The molecule has 18 nitrogen and oxygen atoms in total. The Morgan fingerprint density at radius 2 is 1.24 bits per heavy atom. The third-order valence-electron chi connectivity index (χ3n) is 8.62. The SMILES string of the molecule is Cc1ccc2c(O)c(N=Nc3ccc(N=Nc4cc(C)c(N=Nc5ccc(C(=O)Nc6ccc(SOO[O-])cc6S(=O)(=O)[O-])cc5)cc4C)c(C)c3)c(SOO[O-])cc2c1.[Na+].[Na+].[Na+]. The van der Waals surface area contributed by atoms with Crippen LogP contribution in [0.25, 0.3) is 10.8 Å². The van der Waals surface area contributed by atoms with Crippen LogP contribution in [0.1, 0.15) is 32.6 Å². The fourth-order valence-electron chi connectivity index (χ4n) is 5.62. The van der Waals surface area contributed by atoms with E-state index in [-0.39, 0.29) is 116 Å². The number of aromatic hydroxyl groups is 1. The summed E-state index contributed by atoms with van der Waals surface area (Å²) in [6.07, 6.45) is 0. The molecule has 0 radical (unpaired) electrons. The van der Waals surface area contributed by atoms with E-state index in [1.165, 1.54) is 36.4 Å². The van der Waals surface area contributed by atoms with Crippen molar-refractivity contribution >= 4 is 90.7 Å². The first kappa shape index (κ1) is 54.4. The number of hydrogen-bond donors (Lipinski definition) is 2. The molecular weight excluding hydrogens is 908 g/mol. The van der Waals surface area contributed by atoms with Gasteiger partial charge in [0.15, 0.2) is 5.75 Å². The van der Waals surface area contributed by atoms with Crippen molar-refractivity contribution in [2.45, 2.75) is 42.4 Å². The third-order valence-corrected chi connectivity index (χ3v) is 10.7. The number of amides is 1. The summed E-state index contributed by atoms with van der Waals surface area (Å²) in [4.78, 5) is 12.6. The number of hydrogen-bond acceptors (Lipinski definition) is 19. The molecule has 0 atom stereocenters. The summed E-state index contributed by atoms with van der Waals surface area (Å²) in [5.74, 6) is -0.828. The molecule has 0 aliphatic rings. The first-order valence-electron chi connectivity index (χ1n) is 17.2. The average molecular weight is 938 g/mol. The van der Waals surface area contributed by atoms with Crippen LogP contribution in [0.2, 0.25) is 0 Å². The first-order valence-corrected chi connectivity index (χ1v) is 20.1. The maximum Gasteiger partial charge on any atom is 1.00 e. The number of nitrogens with one attached hydrogen (secondary N) is 1. The quantitative estimate of drug-likeness (QED) is 0.0359. The number of phenols is 1. The molecule has 0 spiro atoms. The predicted molar refractivity (Wildman–Crippen MR) is 215 cm³/mol. The number of carbonyl (C=O) groups is 1. The molecule has 308 valence electrons. The molecule has 2 N–H and O–H groups in total.